The molecule has 0 radical (unpaired) electrons. The molecule has 1 saturated heterocycles. The van der Waals surface area contributed by atoms with Crippen LogP contribution < -0.4 is 10.1 Å². The zero-order chi connectivity index (χ0) is 26.8. The van der Waals surface area contributed by atoms with Crippen LogP contribution in [0, 0.1) is 10.1 Å². The molecular formula is C27H19N3O7S. The Labute approximate surface area is 220 Å². The van der Waals surface area contributed by atoms with Crippen LogP contribution in [0.15, 0.2) is 82.1 Å². The van der Waals surface area contributed by atoms with Crippen LogP contribution in [0.25, 0.3) is 28.2 Å². The number of nitro groups is 1. The van der Waals surface area contributed by atoms with Gasteiger partial charge in [-0.25, -0.2) is 0 Å². The first-order valence-electron chi connectivity index (χ1n) is 11.3. The van der Waals surface area contributed by atoms with Gasteiger partial charge in [0.1, 0.15) is 23.8 Å². The first-order chi connectivity index (χ1) is 18.3. The van der Waals surface area contributed by atoms with Crippen LogP contribution in [0.1, 0.15) is 5.76 Å². The molecule has 1 aromatic heterocycles. The Morgan fingerprint density at radius 2 is 1.89 bits per heavy atom. The number of thioether (sulfide) groups is 1. The SMILES string of the molecule is COc1ccc(-c2ccc(/C=C3/SC(=O)N(CC(=O)Nc4cccc5ccccc45)C3=O)o2)c([N+](=O)[O-])c1. The molecule has 11 heteroatoms. The average molecular weight is 530 g/mol. The van der Waals surface area contributed by atoms with Gasteiger partial charge in [0.2, 0.25) is 5.91 Å². The second kappa shape index (κ2) is 10.2. The molecule has 2 heterocycles. The minimum atomic E-state index is -0.638. The molecule has 1 aliphatic heterocycles. The van der Waals surface area contributed by atoms with E-state index in [1.165, 1.54) is 37.5 Å². The number of rotatable bonds is 7. The van der Waals surface area contributed by atoms with Crippen LogP contribution in [0.2, 0.25) is 0 Å². The second-order valence-electron chi connectivity index (χ2n) is 8.18. The molecule has 3 amide bonds. The molecule has 1 aliphatic rings. The van der Waals surface area contributed by atoms with Gasteiger partial charge in [-0.3, -0.25) is 29.4 Å². The predicted octanol–water partition coefficient (Wildman–Crippen LogP) is 5.69. The number of furan rings is 1. The maximum absolute atomic E-state index is 12.9. The van der Waals surface area contributed by atoms with E-state index in [0.717, 1.165) is 15.7 Å². The van der Waals surface area contributed by atoms with Gasteiger partial charge in [0.25, 0.3) is 16.8 Å². The number of carbonyl (C=O) groups is 3. The molecule has 0 unspecified atom stereocenters. The normalized spacial score (nSPS) is 14.3. The largest absolute Gasteiger partial charge is 0.497 e. The molecule has 190 valence electrons. The summed E-state index contributed by atoms with van der Waals surface area (Å²) in [6.45, 7) is -0.452. The molecule has 1 N–H and O–H groups in total. The van der Waals surface area contributed by atoms with E-state index in [1.807, 2.05) is 30.3 Å². The number of nitrogens with zero attached hydrogens (tertiary/aromatic N) is 2. The van der Waals surface area contributed by atoms with Gasteiger partial charge in [-0.2, -0.15) is 0 Å². The predicted molar refractivity (Wildman–Crippen MR) is 143 cm³/mol. The lowest BCUT2D eigenvalue weighted by molar-refractivity contribution is -0.384. The van der Waals surface area contributed by atoms with Crippen molar-refractivity contribution in [3.05, 3.63) is 93.6 Å². The Hall–Kier alpha value is -4.90. The summed E-state index contributed by atoms with van der Waals surface area (Å²) in [5, 5.41) is 15.5. The highest BCUT2D eigenvalue weighted by atomic mass is 32.2. The Morgan fingerprint density at radius 3 is 2.68 bits per heavy atom. The molecule has 0 saturated carbocycles. The summed E-state index contributed by atoms with van der Waals surface area (Å²) in [6.07, 6.45) is 1.37. The quantitative estimate of drug-likeness (QED) is 0.183. The third-order valence-corrected chi connectivity index (χ3v) is 6.71. The van der Waals surface area contributed by atoms with Crippen molar-refractivity contribution < 1.29 is 28.5 Å². The minimum absolute atomic E-state index is 0.0677. The maximum Gasteiger partial charge on any atom is 0.294 e. The first kappa shape index (κ1) is 24.8. The van der Waals surface area contributed by atoms with E-state index in [-0.39, 0.29) is 27.7 Å². The van der Waals surface area contributed by atoms with Crippen molar-refractivity contribution in [3.63, 3.8) is 0 Å². The highest BCUT2D eigenvalue weighted by Gasteiger charge is 2.36. The number of benzene rings is 3. The minimum Gasteiger partial charge on any atom is -0.497 e. The number of anilines is 1. The Balaban J connectivity index is 1.32. The zero-order valence-corrected chi connectivity index (χ0v) is 20.7. The van der Waals surface area contributed by atoms with Crippen molar-refractivity contribution in [2.24, 2.45) is 0 Å². The number of hydrogen-bond acceptors (Lipinski definition) is 8. The van der Waals surface area contributed by atoms with Crippen molar-refractivity contribution >= 4 is 57.0 Å². The number of fused-ring (bicyclic) bond motifs is 1. The van der Waals surface area contributed by atoms with Gasteiger partial charge in [0.15, 0.2) is 0 Å². The summed E-state index contributed by atoms with van der Waals surface area (Å²) in [4.78, 5) is 50.0. The summed E-state index contributed by atoms with van der Waals surface area (Å²) in [5.74, 6) is -0.404. The van der Waals surface area contributed by atoms with E-state index < -0.39 is 28.5 Å². The van der Waals surface area contributed by atoms with E-state index in [0.29, 0.717) is 23.2 Å². The summed E-state index contributed by atoms with van der Waals surface area (Å²) >= 11 is 0.679. The monoisotopic (exact) mass is 529 g/mol. The van der Waals surface area contributed by atoms with Crippen LogP contribution >= 0.6 is 11.8 Å². The molecule has 38 heavy (non-hydrogen) atoms. The molecular weight excluding hydrogens is 510 g/mol. The van der Waals surface area contributed by atoms with Crippen LogP contribution in [0.4, 0.5) is 16.2 Å². The van der Waals surface area contributed by atoms with Crippen molar-refractivity contribution in [2.75, 3.05) is 19.0 Å². The van der Waals surface area contributed by atoms with E-state index in [4.69, 9.17) is 9.15 Å². The third-order valence-electron chi connectivity index (χ3n) is 5.81. The summed E-state index contributed by atoms with van der Waals surface area (Å²) in [7, 11) is 1.41. The molecule has 0 atom stereocenters. The Kier molecular flexibility index (Phi) is 6.67. The standard InChI is InChI=1S/C27H19N3O7S/c1-36-17-9-11-20(22(13-17)30(34)35)23-12-10-18(37-23)14-24-26(32)29(27(33)38-24)15-25(31)28-21-8-4-6-16-5-2-3-7-19(16)21/h2-14H,15H2,1H3,(H,28,31)/b24-14+. The number of ether oxygens (including phenoxy) is 1. The summed E-state index contributed by atoms with van der Waals surface area (Å²) in [5.41, 5.74) is 0.600. The van der Waals surface area contributed by atoms with E-state index in [9.17, 15) is 24.5 Å². The van der Waals surface area contributed by atoms with Crippen LogP contribution in [0.3, 0.4) is 0 Å². The van der Waals surface area contributed by atoms with Gasteiger partial charge in [-0.1, -0.05) is 36.4 Å². The second-order valence-corrected chi connectivity index (χ2v) is 9.18. The molecule has 4 aromatic rings. The van der Waals surface area contributed by atoms with Crippen molar-refractivity contribution in [1.82, 2.24) is 4.90 Å². The molecule has 3 aromatic carbocycles. The van der Waals surface area contributed by atoms with Gasteiger partial charge in [-0.05, 0) is 47.5 Å². The highest BCUT2D eigenvalue weighted by molar-refractivity contribution is 8.18. The number of amides is 3. The molecule has 0 spiro atoms. The fraction of sp³-hybridized carbons (Fsp3) is 0.0741. The topological polar surface area (TPSA) is 132 Å². The van der Waals surface area contributed by atoms with E-state index in [2.05, 4.69) is 5.32 Å². The fourth-order valence-electron chi connectivity index (χ4n) is 4.01. The Morgan fingerprint density at radius 1 is 1.11 bits per heavy atom. The van der Waals surface area contributed by atoms with Crippen molar-refractivity contribution in [2.45, 2.75) is 0 Å². The third kappa shape index (κ3) is 4.87. The van der Waals surface area contributed by atoms with Gasteiger partial charge < -0.3 is 14.5 Å². The lowest BCUT2D eigenvalue weighted by Crippen LogP contribution is -2.36. The fourth-order valence-corrected chi connectivity index (χ4v) is 4.82. The number of imide groups is 1. The lowest BCUT2D eigenvalue weighted by atomic mass is 10.1. The first-order valence-corrected chi connectivity index (χ1v) is 12.1. The average Bonchev–Trinajstić information content (AvgIpc) is 3.48. The van der Waals surface area contributed by atoms with Gasteiger partial charge in [-0.15, -0.1) is 0 Å². The number of hydrogen-bond donors (Lipinski definition) is 1. The molecule has 0 bridgehead atoms. The van der Waals surface area contributed by atoms with Gasteiger partial charge >= 0.3 is 0 Å². The number of methoxy groups -OCH3 is 1. The van der Waals surface area contributed by atoms with E-state index >= 15 is 0 Å². The molecule has 1 fully saturated rings. The molecule has 5 rings (SSSR count). The summed E-state index contributed by atoms with van der Waals surface area (Å²) < 4.78 is 10.8. The highest BCUT2D eigenvalue weighted by Crippen LogP contribution is 2.36. The van der Waals surface area contributed by atoms with Crippen molar-refractivity contribution in [1.29, 1.82) is 0 Å². The number of carbonyl (C=O) groups excluding carboxylic acids is 3. The molecule has 0 aliphatic carbocycles. The number of nitrogens with one attached hydrogen (secondary N) is 1. The van der Waals surface area contributed by atoms with E-state index in [1.54, 1.807) is 18.2 Å². The zero-order valence-electron chi connectivity index (χ0n) is 19.9. The van der Waals surface area contributed by atoms with Crippen LogP contribution in [-0.4, -0.2) is 40.5 Å². The number of nitro benzene ring substituents is 1. The van der Waals surface area contributed by atoms with Crippen LogP contribution in [-0.2, 0) is 9.59 Å². The smallest absolute Gasteiger partial charge is 0.294 e. The molecule has 10 nitrogen and oxygen atoms in total. The summed E-state index contributed by atoms with van der Waals surface area (Å²) in [6, 6.07) is 20.4. The lowest BCUT2D eigenvalue weighted by Gasteiger charge is -2.13. The van der Waals surface area contributed by atoms with Crippen LogP contribution in [0.5, 0.6) is 5.75 Å². The maximum atomic E-state index is 12.9. The van der Waals surface area contributed by atoms with Crippen molar-refractivity contribution in [3.8, 4) is 17.1 Å². The van der Waals surface area contributed by atoms with Gasteiger partial charge in [0.05, 0.1) is 28.6 Å². The Bertz CT molecular complexity index is 1640. The van der Waals surface area contributed by atoms with Gasteiger partial charge in [0, 0.05) is 17.1 Å².